The molecule has 204 valence electrons. The van der Waals surface area contributed by atoms with Gasteiger partial charge in [-0.15, -0.1) is 0 Å². The van der Waals surface area contributed by atoms with Gasteiger partial charge in [0.15, 0.2) is 0 Å². The maximum Gasteiger partial charge on any atom is 0.227 e. The van der Waals surface area contributed by atoms with Crippen molar-refractivity contribution < 1.29 is 4.79 Å². The highest BCUT2D eigenvalue weighted by molar-refractivity contribution is 5.97. The maximum absolute atomic E-state index is 12.5. The Morgan fingerprint density at radius 3 is 2.73 bits per heavy atom. The van der Waals surface area contributed by atoms with Gasteiger partial charge in [-0.25, -0.2) is 0 Å². The Morgan fingerprint density at radius 1 is 1.07 bits per heavy atom. The zero-order valence-electron chi connectivity index (χ0n) is 23.0. The second-order valence-corrected chi connectivity index (χ2v) is 11.3. The van der Waals surface area contributed by atoms with Crippen LogP contribution in [-0.2, 0) is 11.2 Å². The number of carbonyl (C=O) groups is 1. The van der Waals surface area contributed by atoms with Crippen molar-refractivity contribution in [1.29, 1.82) is 0 Å². The van der Waals surface area contributed by atoms with Crippen LogP contribution in [0.1, 0.15) is 37.4 Å². The number of hydrogen-bond donors (Lipinski definition) is 3. The standard InChI is InChI=1S/C31H34N8O/c1-19-13-23-25(7-4-8-28(23)39-11-9-38(2)10-12-39)35-29(19)30-24-15-26(33-18-27(24)36-37-30)21-14-22(17-32-16-21)34-31(40)20-5-3-6-20/h4,7-8,14-18,20,35H,3,5-6,9-13H2,1-2H3,(H,34,40)(H,36,37). The van der Waals surface area contributed by atoms with E-state index in [9.17, 15) is 4.79 Å². The predicted octanol–water partition coefficient (Wildman–Crippen LogP) is 4.91. The van der Waals surface area contributed by atoms with Gasteiger partial charge in [-0.3, -0.25) is 19.9 Å². The molecule has 0 unspecified atom stereocenters. The molecule has 5 heterocycles. The van der Waals surface area contributed by atoms with Gasteiger partial charge in [0.1, 0.15) is 5.69 Å². The van der Waals surface area contributed by atoms with Crippen molar-refractivity contribution in [2.75, 3.05) is 48.8 Å². The van der Waals surface area contributed by atoms with E-state index in [0.29, 0.717) is 5.69 Å². The molecule has 0 radical (unpaired) electrons. The number of aromatic amines is 1. The van der Waals surface area contributed by atoms with Gasteiger partial charge >= 0.3 is 0 Å². The fourth-order valence-electron chi connectivity index (χ4n) is 5.91. The van der Waals surface area contributed by atoms with Gasteiger partial charge in [-0.2, -0.15) is 5.10 Å². The number of rotatable bonds is 5. The number of piperazine rings is 1. The Balaban J connectivity index is 1.18. The number of hydrogen-bond acceptors (Lipinski definition) is 7. The molecule has 0 atom stereocenters. The molecule has 1 aliphatic carbocycles. The Hall–Kier alpha value is -4.24. The maximum atomic E-state index is 12.5. The van der Waals surface area contributed by atoms with Gasteiger partial charge in [0.25, 0.3) is 0 Å². The SMILES string of the molecule is CC1=C(c2n[nH]c3cnc(-c4cncc(NC(=O)C5CCC5)c4)cc23)Nc2cccc(N3CCN(C)CC3)c2C1. The van der Waals surface area contributed by atoms with Gasteiger partial charge in [-0.1, -0.05) is 12.5 Å². The third-order valence-corrected chi connectivity index (χ3v) is 8.59. The summed E-state index contributed by atoms with van der Waals surface area (Å²) in [5, 5.41) is 15.6. The highest BCUT2D eigenvalue weighted by Gasteiger charge is 2.26. The van der Waals surface area contributed by atoms with Crippen LogP contribution in [-0.4, -0.2) is 64.2 Å². The van der Waals surface area contributed by atoms with E-state index < -0.39 is 0 Å². The van der Waals surface area contributed by atoms with Crippen LogP contribution in [0.15, 0.2) is 54.5 Å². The number of pyridine rings is 2. The quantitative estimate of drug-likeness (QED) is 0.334. The summed E-state index contributed by atoms with van der Waals surface area (Å²) >= 11 is 0. The normalized spacial score (nSPS) is 17.9. The molecular weight excluding hydrogens is 500 g/mol. The van der Waals surface area contributed by atoms with Gasteiger partial charge in [0.05, 0.1) is 35.0 Å². The Kier molecular flexibility index (Phi) is 6.23. The van der Waals surface area contributed by atoms with E-state index in [1.165, 1.54) is 16.8 Å². The van der Waals surface area contributed by atoms with E-state index >= 15 is 0 Å². The second-order valence-electron chi connectivity index (χ2n) is 11.3. The minimum Gasteiger partial charge on any atom is -0.369 e. The first-order valence-electron chi connectivity index (χ1n) is 14.2. The fourth-order valence-corrected chi connectivity index (χ4v) is 5.91. The van der Waals surface area contributed by atoms with Crippen molar-refractivity contribution in [3.8, 4) is 11.3 Å². The first-order chi connectivity index (χ1) is 19.5. The third-order valence-electron chi connectivity index (χ3n) is 8.59. The van der Waals surface area contributed by atoms with Crippen LogP contribution < -0.4 is 15.5 Å². The Morgan fingerprint density at radius 2 is 1.93 bits per heavy atom. The lowest BCUT2D eigenvalue weighted by molar-refractivity contribution is -0.122. The number of nitrogens with one attached hydrogen (secondary N) is 3. The number of amides is 1. The molecule has 3 N–H and O–H groups in total. The summed E-state index contributed by atoms with van der Waals surface area (Å²) in [7, 11) is 2.19. The molecule has 4 aromatic rings. The summed E-state index contributed by atoms with van der Waals surface area (Å²) in [6, 6.07) is 10.6. The largest absolute Gasteiger partial charge is 0.369 e. The number of allylic oxidation sites excluding steroid dienone is 1. The number of benzene rings is 1. The Labute approximate surface area is 233 Å². The number of carbonyl (C=O) groups excluding carboxylic acids is 1. The predicted molar refractivity (Wildman–Crippen MR) is 159 cm³/mol. The number of fused-ring (bicyclic) bond motifs is 2. The van der Waals surface area contributed by atoms with Crippen LogP contribution in [0.2, 0.25) is 0 Å². The van der Waals surface area contributed by atoms with Crippen LogP contribution >= 0.6 is 0 Å². The molecule has 2 fully saturated rings. The molecule has 3 aliphatic rings. The van der Waals surface area contributed by atoms with Crippen molar-refractivity contribution in [2.45, 2.75) is 32.6 Å². The van der Waals surface area contributed by atoms with Crippen LogP contribution in [0.3, 0.4) is 0 Å². The molecular formula is C31H34N8O. The van der Waals surface area contributed by atoms with Crippen molar-refractivity contribution in [2.24, 2.45) is 5.92 Å². The zero-order valence-corrected chi connectivity index (χ0v) is 23.0. The first-order valence-corrected chi connectivity index (χ1v) is 14.2. The topological polar surface area (TPSA) is 102 Å². The van der Waals surface area contributed by atoms with Crippen molar-refractivity contribution in [1.82, 2.24) is 25.1 Å². The van der Waals surface area contributed by atoms with E-state index in [-0.39, 0.29) is 11.8 Å². The lowest BCUT2D eigenvalue weighted by Crippen LogP contribution is -2.45. The highest BCUT2D eigenvalue weighted by Crippen LogP contribution is 2.39. The second kappa shape index (κ2) is 10.1. The van der Waals surface area contributed by atoms with Crippen LogP contribution in [0.25, 0.3) is 27.9 Å². The number of H-pyrrole nitrogens is 1. The number of aromatic nitrogens is 4. The molecule has 9 heteroatoms. The first kappa shape index (κ1) is 24.8. The average molecular weight is 535 g/mol. The Bertz CT molecular complexity index is 1630. The minimum absolute atomic E-state index is 0.0765. The van der Waals surface area contributed by atoms with E-state index in [2.05, 4.69) is 73.7 Å². The van der Waals surface area contributed by atoms with E-state index in [1.54, 1.807) is 12.4 Å². The highest BCUT2D eigenvalue weighted by atomic mass is 16.1. The van der Waals surface area contributed by atoms with Gasteiger partial charge < -0.3 is 20.4 Å². The summed E-state index contributed by atoms with van der Waals surface area (Å²) < 4.78 is 0. The molecule has 7 rings (SSSR count). The molecule has 9 nitrogen and oxygen atoms in total. The monoisotopic (exact) mass is 534 g/mol. The van der Waals surface area contributed by atoms with Crippen LogP contribution in [0.5, 0.6) is 0 Å². The molecule has 1 saturated heterocycles. The van der Waals surface area contributed by atoms with Gasteiger partial charge in [0.2, 0.25) is 5.91 Å². The molecule has 0 spiro atoms. The lowest BCUT2D eigenvalue weighted by atomic mass is 9.85. The fraction of sp³-hybridized carbons (Fsp3) is 0.355. The average Bonchev–Trinajstić information content (AvgIpc) is 3.35. The summed E-state index contributed by atoms with van der Waals surface area (Å²) in [5.74, 6) is 0.196. The molecule has 40 heavy (non-hydrogen) atoms. The molecule has 1 saturated carbocycles. The number of anilines is 3. The molecule has 2 aliphatic heterocycles. The molecule has 0 bridgehead atoms. The summed E-state index contributed by atoms with van der Waals surface area (Å²) in [4.78, 5) is 26.4. The van der Waals surface area contributed by atoms with E-state index in [1.807, 2.05) is 12.3 Å². The van der Waals surface area contributed by atoms with E-state index in [4.69, 9.17) is 5.10 Å². The summed E-state index contributed by atoms with van der Waals surface area (Å²) in [5.41, 5.74) is 10.2. The van der Waals surface area contributed by atoms with Crippen molar-refractivity contribution in [3.05, 3.63) is 65.8 Å². The number of nitrogens with zero attached hydrogens (tertiary/aromatic N) is 5. The van der Waals surface area contributed by atoms with Crippen LogP contribution in [0.4, 0.5) is 17.1 Å². The van der Waals surface area contributed by atoms with E-state index in [0.717, 1.165) is 91.1 Å². The van der Waals surface area contributed by atoms with Gasteiger partial charge in [0, 0.05) is 66.2 Å². The third kappa shape index (κ3) is 4.50. The zero-order chi connectivity index (χ0) is 27.2. The number of likely N-dealkylation sites (N-methyl/N-ethyl adjacent to an activating group) is 1. The minimum atomic E-state index is 0.0765. The summed E-state index contributed by atoms with van der Waals surface area (Å²) in [6.45, 7) is 6.44. The smallest absolute Gasteiger partial charge is 0.227 e. The molecule has 3 aromatic heterocycles. The van der Waals surface area contributed by atoms with Crippen LogP contribution in [0, 0.1) is 5.92 Å². The van der Waals surface area contributed by atoms with Crippen molar-refractivity contribution >= 4 is 39.6 Å². The lowest BCUT2D eigenvalue weighted by Gasteiger charge is -2.36. The van der Waals surface area contributed by atoms with Gasteiger partial charge in [-0.05, 0) is 63.1 Å². The summed E-state index contributed by atoms with van der Waals surface area (Å²) in [6.07, 6.45) is 9.22. The molecule has 1 aromatic carbocycles. The van der Waals surface area contributed by atoms with Crippen molar-refractivity contribution in [3.63, 3.8) is 0 Å². The molecule has 1 amide bonds.